The van der Waals surface area contributed by atoms with Crippen LogP contribution < -0.4 is 5.32 Å². The maximum absolute atomic E-state index is 12.9. The van der Waals surface area contributed by atoms with E-state index in [0.29, 0.717) is 25.1 Å². The molecule has 2 aromatic rings. The summed E-state index contributed by atoms with van der Waals surface area (Å²) in [7, 11) is 0. The third kappa shape index (κ3) is 5.74. The van der Waals surface area contributed by atoms with Crippen molar-refractivity contribution in [3.05, 3.63) is 69.7 Å². The SMILES string of the molecule is O=C(NCc1ccc(CN2CCCCC2)cc1)C1CCCN1C(=O)c1ccc(Br)cc1. The number of likely N-dealkylation sites (tertiary alicyclic amines) is 2. The lowest BCUT2D eigenvalue weighted by Gasteiger charge is -2.26. The highest BCUT2D eigenvalue weighted by molar-refractivity contribution is 9.10. The quantitative estimate of drug-likeness (QED) is 0.663. The highest BCUT2D eigenvalue weighted by Gasteiger charge is 2.34. The third-order valence-electron chi connectivity index (χ3n) is 6.25. The second-order valence-corrected chi connectivity index (χ2v) is 9.45. The number of amides is 2. The van der Waals surface area contributed by atoms with Gasteiger partial charge in [0.2, 0.25) is 5.91 Å². The van der Waals surface area contributed by atoms with Crippen molar-refractivity contribution in [1.82, 2.24) is 15.1 Å². The predicted molar refractivity (Wildman–Crippen MR) is 126 cm³/mol. The summed E-state index contributed by atoms with van der Waals surface area (Å²) in [5.74, 6) is -0.146. The summed E-state index contributed by atoms with van der Waals surface area (Å²) in [4.78, 5) is 29.9. The third-order valence-corrected chi connectivity index (χ3v) is 6.78. The van der Waals surface area contributed by atoms with Crippen LogP contribution in [0.5, 0.6) is 0 Å². The Kier molecular flexibility index (Phi) is 7.41. The van der Waals surface area contributed by atoms with Crippen LogP contribution in [0.3, 0.4) is 0 Å². The van der Waals surface area contributed by atoms with Gasteiger partial charge in [-0.15, -0.1) is 0 Å². The van der Waals surface area contributed by atoms with Crippen LogP contribution in [0.15, 0.2) is 53.0 Å². The van der Waals surface area contributed by atoms with Crippen LogP contribution in [0.4, 0.5) is 0 Å². The van der Waals surface area contributed by atoms with E-state index < -0.39 is 6.04 Å². The van der Waals surface area contributed by atoms with Crippen molar-refractivity contribution in [2.24, 2.45) is 0 Å². The van der Waals surface area contributed by atoms with Crippen molar-refractivity contribution in [1.29, 1.82) is 0 Å². The van der Waals surface area contributed by atoms with Gasteiger partial charge in [-0.25, -0.2) is 0 Å². The number of hydrogen-bond donors (Lipinski definition) is 1. The summed E-state index contributed by atoms with van der Waals surface area (Å²) in [6.07, 6.45) is 5.51. The molecule has 2 heterocycles. The van der Waals surface area contributed by atoms with E-state index in [-0.39, 0.29) is 11.8 Å². The van der Waals surface area contributed by atoms with Gasteiger partial charge in [0.25, 0.3) is 5.91 Å². The van der Waals surface area contributed by atoms with Gasteiger partial charge < -0.3 is 10.2 Å². The molecule has 5 nitrogen and oxygen atoms in total. The molecule has 0 radical (unpaired) electrons. The minimum Gasteiger partial charge on any atom is -0.350 e. The fourth-order valence-electron chi connectivity index (χ4n) is 4.49. The summed E-state index contributed by atoms with van der Waals surface area (Å²) in [6.45, 7) is 4.49. The van der Waals surface area contributed by atoms with Crippen LogP contribution in [-0.4, -0.2) is 47.3 Å². The Morgan fingerprint density at radius 3 is 2.26 bits per heavy atom. The molecule has 0 bridgehead atoms. The second-order valence-electron chi connectivity index (χ2n) is 8.53. The first-order valence-corrected chi connectivity index (χ1v) is 12.0. The monoisotopic (exact) mass is 483 g/mol. The lowest BCUT2D eigenvalue weighted by atomic mass is 10.1. The summed E-state index contributed by atoms with van der Waals surface area (Å²) >= 11 is 3.39. The van der Waals surface area contributed by atoms with Crippen LogP contribution >= 0.6 is 15.9 Å². The molecule has 2 aromatic carbocycles. The Morgan fingerprint density at radius 1 is 0.871 bits per heavy atom. The van der Waals surface area contributed by atoms with Gasteiger partial charge in [0.15, 0.2) is 0 Å². The number of carbonyl (C=O) groups is 2. The summed E-state index contributed by atoms with van der Waals surface area (Å²) in [5.41, 5.74) is 3.02. The second kappa shape index (κ2) is 10.4. The fraction of sp³-hybridized carbons (Fsp3) is 0.440. The number of piperidine rings is 1. The Bertz CT molecular complexity index is 892. The molecule has 164 valence electrons. The van der Waals surface area contributed by atoms with Crippen molar-refractivity contribution in [2.75, 3.05) is 19.6 Å². The van der Waals surface area contributed by atoms with E-state index in [1.54, 1.807) is 17.0 Å². The van der Waals surface area contributed by atoms with Crippen molar-refractivity contribution < 1.29 is 9.59 Å². The van der Waals surface area contributed by atoms with Crippen molar-refractivity contribution in [3.63, 3.8) is 0 Å². The van der Waals surface area contributed by atoms with E-state index in [1.807, 2.05) is 12.1 Å². The van der Waals surface area contributed by atoms with Crippen LogP contribution in [-0.2, 0) is 17.9 Å². The van der Waals surface area contributed by atoms with Gasteiger partial charge in [-0.1, -0.05) is 46.6 Å². The van der Waals surface area contributed by atoms with Gasteiger partial charge in [0.05, 0.1) is 0 Å². The maximum Gasteiger partial charge on any atom is 0.254 e. The zero-order valence-corrected chi connectivity index (χ0v) is 19.4. The van der Waals surface area contributed by atoms with Crippen molar-refractivity contribution >= 4 is 27.7 Å². The van der Waals surface area contributed by atoms with Gasteiger partial charge in [-0.3, -0.25) is 14.5 Å². The molecule has 1 unspecified atom stereocenters. The molecule has 4 rings (SSSR count). The van der Waals surface area contributed by atoms with Gasteiger partial charge >= 0.3 is 0 Å². The summed E-state index contributed by atoms with van der Waals surface area (Å²) < 4.78 is 0.932. The molecule has 0 saturated carbocycles. The highest BCUT2D eigenvalue weighted by Crippen LogP contribution is 2.22. The Hall–Kier alpha value is -2.18. The molecule has 2 aliphatic rings. The molecule has 31 heavy (non-hydrogen) atoms. The fourth-order valence-corrected chi connectivity index (χ4v) is 4.75. The number of rotatable bonds is 6. The van der Waals surface area contributed by atoms with E-state index in [0.717, 1.165) is 23.0 Å². The van der Waals surface area contributed by atoms with E-state index in [9.17, 15) is 9.59 Å². The number of hydrogen-bond acceptors (Lipinski definition) is 3. The number of benzene rings is 2. The largest absolute Gasteiger partial charge is 0.350 e. The summed E-state index contributed by atoms with van der Waals surface area (Å²) in [5, 5.41) is 3.04. The lowest BCUT2D eigenvalue weighted by Crippen LogP contribution is -2.45. The molecular weight excluding hydrogens is 454 g/mol. The van der Waals surface area contributed by atoms with Crippen LogP contribution in [0.25, 0.3) is 0 Å². The molecular formula is C25H30BrN3O2. The first-order valence-electron chi connectivity index (χ1n) is 11.2. The zero-order chi connectivity index (χ0) is 21.6. The smallest absolute Gasteiger partial charge is 0.254 e. The van der Waals surface area contributed by atoms with E-state index in [1.165, 1.54) is 37.9 Å². The number of carbonyl (C=O) groups excluding carboxylic acids is 2. The molecule has 2 saturated heterocycles. The summed E-state index contributed by atoms with van der Waals surface area (Å²) in [6, 6.07) is 15.4. The average Bonchev–Trinajstić information content (AvgIpc) is 3.29. The molecule has 2 amide bonds. The Labute approximate surface area is 192 Å². The van der Waals surface area contributed by atoms with Crippen molar-refractivity contribution in [3.8, 4) is 0 Å². The normalized spacial score (nSPS) is 19.4. The Morgan fingerprint density at radius 2 is 1.55 bits per heavy atom. The van der Waals surface area contributed by atoms with E-state index in [4.69, 9.17) is 0 Å². The average molecular weight is 484 g/mol. The molecule has 0 aromatic heterocycles. The van der Waals surface area contributed by atoms with Crippen LogP contribution in [0.2, 0.25) is 0 Å². The van der Waals surface area contributed by atoms with Gasteiger partial charge in [-0.05, 0) is 74.2 Å². The molecule has 2 aliphatic heterocycles. The number of nitrogens with zero attached hydrogens (tertiary/aromatic N) is 2. The Balaban J connectivity index is 1.30. The van der Waals surface area contributed by atoms with Gasteiger partial charge in [-0.2, -0.15) is 0 Å². The minimum atomic E-state index is -0.394. The number of halogens is 1. The van der Waals surface area contributed by atoms with E-state index >= 15 is 0 Å². The standard InChI is InChI=1S/C25H30BrN3O2/c26-22-12-10-21(11-13-22)25(31)29-16-4-5-23(29)24(30)27-17-19-6-8-20(9-7-19)18-28-14-2-1-3-15-28/h6-13,23H,1-5,14-18H2,(H,27,30). The lowest BCUT2D eigenvalue weighted by molar-refractivity contribution is -0.125. The molecule has 2 fully saturated rings. The van der Waals surface area contributed by atoms with Crippen molar-refractivity contribution in [2.45, 2.75) is 51.2 Å². The topological polar surface area (TPSA) is 52.7 Å². The maximum atomic E-state index is 12.9. The minimum absolute atomic E-state index is 0.0691. The first kappa shape index (κ1) is 22.0. The number of nitrogens with one attached hydrogen (secondary N) is 1. The molecule has 1 N–H and O–H groups in total. The van der Waals surface area contributed by atoms with Gasteiger partial charge in [0, 0.05) is 29.7 Å². The van der Waals surface area contributed by atoms with Crippen LogP contribution in [0.1, 0.15) is 53.6 Å². The van der Waals surface area contributed by atoms with E-state index in [2.05, 4.69) is 50.4 Å². The predicted octanol–water partition coefficient (Wildman–Crippen LogP) is 4.36. The molecule has 1 atom stereocenters. The molecule has 0 spiro atoms. The molecule has 6 heteroatoms. The van der Waals surface area contributed by atoms with Gasteiger partial charge in [0.1, 0.15) is 6.04 Å². The zero-order valence-electron chi connectivity index (χ0n) is 17.9. The highest BCUT2D eigenvalue weighted by atomic mass is 79.9. The first-order chi connectivity index (χ1) is 15.1. The van der Waals surface area contributed by atoms with Crippen LogP contribution in [0, 0.1) is 0 Å². The molecule has 0 aliphatic carbocycles.